The first-order valence-electron chi connectivity index (χ1n) is 10.7. The Bertz CT molecular complexity index is 1230. The Balaban J connectivity index is 0.000000300. The van der Waals surface area contributed by atoms with Crippen molar-refractivity contribution in [2.45, 2.75) is 38.7 Å². The number of aromatic nitrogens is 4. The SMILES string of the molecule is CSNc1ccc(Cc2nc3c(cnc4ccc(C#N)cc43)[nH]2)cn1.C[C@@H]1CCCCO1. The summed E-state index contributed by atoms with van der Waals surface area (Å²) in [5, 5.41) is 10.0. The van der Waals surface area contributed by atoms with Gasteiger partial charge in [-0.25, -0.2) is 9.97 Å². The number of benzene rings is 1. The second kappa shape index (κ2) is 10.4. The molecule has 1 atom stereocenters. The van der Waals surface area contributed by atoms with Gasteiger partial charge in [-0.1, -0.05) is 18.0 Å². The van der Waals surface area contributed by atoms with E-state index in [0.717, 1.165) is 45.7 Å². The van der Waals surface area contributed by atoms with Gasteiger partial charge in [0.25, 0.3) is 0 Å². The Morgan fingerprint density at radius 3 is 2.78 bits per heavy atom. The number of nitrogens with zero attached hydrogens (tertiary/aromatic N) is 4. The molecule has 0 bridgehead atoms. The summed E-state index contributed by atoms with van der Waals surface area (Å²) in [6.45, 7) is 3.13. The van der Waals surface area contributed by atoms with Gasteiger partial charge in [0.2, 0.25) is 0 Å². The summed E-state index contributed by atoms with van der Waals surface area (Å²) in [4.78, 5) is 16.8. The fourth-order valence-electron chi connectivity index (χ4n) is 3.65. The lowest BCUT2D eigenvalue weighted by molar-refractivity contribution is 0.0285. The van der Waals surface area contributed by atoms with Gasteiger partial charge in [0, 0.05) is 30.9 Å². The van der Waals surface area contributed by atoms with Gasteiger partial charge in [-0.3, -0.25) is 4.98 Å². The minimum atomic E-state index is 0.536. The van der Waals surface area contributed by atoms with E-state index in [1.54, 1.807) is 12.3 Å². The largest absolute Gasteiger partial charge is 0.379 e. The van der Waals surface area contributed by atoms with E-state index >= 15 is 0 Å². The van der Waals surface area contributed by atoms with E-state index in [-0.39, 0.29) is 0 Å². The van der Waals surface area contributed by atoms with Gasteiger partial charge in [0.05, 0.1) is 40.5 Å². The molecule has 1 aliphatic rings. The van der Waals surface area contributed by atoms with E-state index in [0.29, 0.717) is 18.1 Å². The van der Waals surface area contributed by atoms with Crippen molar-refractivity contribution in [1.82, 2.24) is 19.9 Å². The van der Waals surface area contributed by atoms with Gasteiger partial charge < -0.3 is 14.4 Å². The van der Waals surface area contributed by atoms with Gasteiger partial charge in [-0.05, 0) is 56.0 Å². The third-order valence-corrected chi connectivity index (χ3v) is 5.72. The molecule has 0 spiro atoms. The molecule has 3 aromatic heterocycles. The molecule has 0 unspecified atom stereocenters. The molecule has 32 heavy (non-hydrogen) atoms. The number of hydrogen-bond acceptors (Lipinski definition) is 7. The maximum atomic E-state index is 9.12. The highest BCUT2D eigenvalue weighted by Crippen LogP contribution is 2.23. The highest BCUT2D eigenvalue weighted by molar-refractivity contribution is 7.99. The van der Waals surface area contributed by atoms with Crippen molar-refractivity contribution in [3.8, 4) is 6.07 Å². The molecular formula is C24H26N6OS. The molecular weight excluding hydrogens is 420 g/mol. The lowest BCUT2D eigenvalue weighted by atomic mass is 10.1. The van der Waals surface area contributed by atoms with Crippen LogP contribution < -0.4 is 4.72 Å². The van der Waals surface area contributed by atoms with Gasteiger partial charge in [0.15, 0.2) is 0 Å². The average molecular weight is 447 g/mol. The minimum Gasteiger partial charge on any atom is -0.379 e. The molecule has 4 aromatic rings. The van der Waals surface area contributed by atoms with Crippen LogP contribution in [0.25, 0.3) is 21.9 Å². The number of H-pyrrole nitrogens is 1. The molecule has 8 heteroatoms. The minimum absolute atomic E-state index is 0.536. The number of ether oxygens (including phenoxy) is 1. The highest BCUT2D eigenvalue weighted by Gasteiger charge is 2.10. The van der Waals surface area contributed by atoms with Crippen LogP contribution in [0.3, 0.4) is 0 Å². The van der Waals surface area contributed by atoms with E-state index < -0.39 is 0 Å². The van der Waals surface area contributed by atoms with Crippen molar-refractivity contribution < 1.29 is 4.74 Å². The van der Waals surface area contributed by atoms with Crippen LogP contribution in [0.5, 0.6) is 0 Å². The molecule has 1 aromatic carbocycles. The Hall–Kier alpha value is -3.15. The van der Waals surface area contributed by atoms with E-state index in [9.17, 15) is 0 Å². The monoisotopic (exact) mass is 446 g/mol. The molecule has 0 radical (unpaired) electrons. The fraction of sp³-hybridized carbons (Fsp3) is 0.333. The third-order valence-electron chi connectivity index (χ3n) is 5.30. The maximum absolute atomic E-state index is 9.12. The Labute approximate surface area is 191 Å². The molecule has 0 amide bonds. The number of anilines is 1. The smallest absolute Gasteiger partial charge is 0.135 e. The number of fused-ring (bicyclic) bond motifs is 3. The van der Waals surface area contributed by atoms with Crippen LogP contribution in [-0.4, -0.2) is 38.9 Å². The first-order valence-corrected chi connectivity index (χ1v) is 11.9. The van der Waals surface area contributed by atoms with Gasteiger partial charge in [-0.15, -0.1) is 0 Å². The second-order valence-electron chi connectivity index (χ2n) is 7.76. The molecule has 0 saturated carbocycles. The summed E-state index contributed by atoms with van der Waals surface area (Å²) in [6, 6.07) is 11.6. The quantitative estimate of drug-likeness (QED) is 0.414. The van der Waals surface area contributed by atoms with Gasteiger partial charge in [-0.2, -0.15) is 5.26 Å². The van der Waals surface area contributed by atoms with Crippen LogP contribution in [0.4, 0.5) is 5.82 Å². The zero-order chi connectivity index (χ0) is 22.3. The molecule has 1 saturated heterocycles. The topological polar surface area (TPSA) is 99.5 Å². The van der Waals surface area contributed by atoms with Crippen LogP contribution in [0.15, 0.2) is 42.7 Å². The van der Waals surface area contributed by atoms with Crippen LogP contribution in [0.1, 0.15) is 43.1 Å². The van der Waals surface area contributed by atoms with E-state index in [4.69, 9.17) is 15.0 Å². The van der Waals surface area contributed by atoms with E-state index in [1.165, 1.54) is 31.2 Å². The highest BCUT2D eigenvalue weighted by atomic mass is 32.2. The summed E-state index contributed by atoms with van der Waals surface area (Å²) in [5.74, 6) is 1.68. The summed E-state index contributed by atoms with van der Waals surface area (Å²) >= 11 is 1.51. The van der Waals surface area contributed by atoms with Crippen molar-refractivity contribution in [2.24, 2.45) is 0 Å². The molecule has 0 aliphatic carbocycles. The Kier molecular flexibility index (Phi) is 7.20. The number of nitriles is 1. The molecule has 5 rings (SSSR count). The summed E-state index contributed by atoms with van der Waals surface area (Å²) in [5.41, 5.74) is 4.21. The molecule has 164 valence electrons. The Morgan fingerprint density at radius 1 is 1.22 bits per heavy atom. The first-order chi connectivity index (χ1) is 15.7. The number of hydrogen-bond donors (Lipinski definition) is 2. The lowest BCUT2D eigenvalue weighted by Gasteiger charge is -2.17. The second-order valence-corrected chi connectivity index (χ2v) is 8.37. The van der Waals surface area contributed by atoms with Crippen LogP contribution in [-0.2, 0) is 11.2 Å². The van der Waals surface area contributed by atoms with Crippen molar-refractivity contribution in [3.63, 3.8) is 0 Å². The molecule has 1 fully saturated rings. The number of aromatic amines is 1. The summed E-state index contributed by atoms with van der Waals surface area (Å²) < 4.78 is 8.38. The first kappa shape index (κ1) is 22.1. The molecule has 2 N–H and O–H groups in total. The third kappa shape index (κ3) is 5.36. The normalized spacial score (nSPS) is 15.7. The van der Waals surface area contributed by atoms with Gasteiger partial charge >= 0.3 is 0 Å². The number of imidazole rings is 1. The number of rotatable bonds is 4. The predicted octanol–water partition coefficient (Wildman–Crippen LogP) is 5.23. The zero-order valence-electron chi connectivity index (χ0n) is 18.3. The van der Waals surface area contributed by atoms with Crippen molar-refractivity contribution in [2.75, 3.05) is 17.6 Å². The molecule has 7 nitrogen and oxygen atoms in total. The fourth-order valence-corrected chi connectivity index (χ4v) is 3.98. The summed E-state index contributed by atoms with van der Waals surface area (Å²) in [6.07, 6.45) is 10.7. The average Bonchev–Trinajstić information content (AvgIpc) is 3.24. The standard InChI is InChI=1S/C18H14N6S.C6H12O/c1-25-24-16-5-3-12(9-21-16)7-17-22-15-10-20-14-4-2-11(8-19)6-13(14)18(15)23-17;1-6-4-2-3-5-7-6/h2-6,9-10H,7H2,1H3,(H,21,24)(H,22,23);6H,2-5H2,1H3/t;6-/m.1/s1. The molecule has 1 aliphatic heterocycles. The maximum Gasteiger partial charge on any atom is 0.135 e. The van der Waals surface area contributed by atoms with Gasteiger partial charge in [0.1, 0.15) is 11.6 Å². The van der Waals surface area contributed by atoms with Crippen LogP contribution in [0.2, 0.25) is 0 Å². The number of pyridine rings is 2. The Morgan fingerprint density at radius 2 is 2.12 bits per heavy atom. The number of nitrogens with one attached hydrogen (secondary N) is 2. The van der Waals surface area contributed by atoms with Crippen molar-refractivity contribution in [1.29, 1.82) is 5.26 Å². The van der Waals surface area contributed by atoms with E-state index in [1.807, 2.05) is 36.7 Å². The zero-order valence-corrected chi connectivity index (χ0v) is 19.1. The lowest BCUT2D eigenvalue weighted by Crippen LogP contribution is -2.14. The molecule has 4 heterocycles. The summed E-state index contributed by atoms with van der Waals surface area (Å²) in [7, 11) is 0. The van der Waals surface area contributed by atoms with Crippen LogP contribution >= 0.6 is 11.9 Å². The van der Waals surface area contributed by atoms with Crippen LogP contribution in [0, 0.1) is 11.3 Å². The van der Waals surface area contributed by atoms with Crippen molar-refractivity contribution in [3.05, 3.63) is 59.7 Å². The van der Waals surface area contributed by atoms with E-state index in [2.05, 4.69) is 32.7 Å². The van der Waals surface area contributed by atoms with Crippen molar-refractivity contribution >= 4 is 39.7 Å². The predicted molar refractivity (Wildman–Crippen MR) is 130 cm³/mol.